The molecular formula is C18H26BrNO3. The molecule has 1 fully saturated rings. The zero-order valence-electron chi connectivity index (χ0n) is 14.1. The lowest BCUT2D eigenvalue weighted by molar-refractivity contribution is 0.0161. The van der Waals surface area contributed by atoms with Gasteiger partial charge in [0.05, 0.1) is 6.10 Å². The van der Waals surface area contributed by atoms with Crippen molar-refractivity contribution in [2.24, 2.45) is 5.92 Å². The highest BCUT2D eigenvalue weighted by molar-refractivity contribution is 9.10. The molecule has 1 N–H and O–H groups in total. The molecule has 1 saturated heterocycles. The summed E-state index contributed by atoms with van der Waals surface area (Å²) in [4.78, 5) is 13.8. The fourth-order valence-electron chi connectivity index (χ4n) is 2.81. The summed E-state index contributed by atoms with van der Waals surface area (Å²) in [5, 5.41) is 10.4. The lowest BCUT2D eigenvalue weighted by Gasteiger charge is -2.34. The van der Waals surface area contributed by atoms with Gasteiger partial charge in [0, 0.05) is 17.6 Å². The highest BCUT2D eigenvalue weighted by Gasteiger charge is 2.28. The van der Waals surface area contributed by atoms with Crippen LogP contribution in [0.5, 0.6) is 0 Å². The Morgan fingerprint density at radius 2 is 1.87 bits per heavy atom. The van der Waals surface area contributed by atoms with Crippen LogP contribution in [0.15, 0.2) is 28.7 Å². The molecule has 1 heterocycles. The molecule has 1 unspecified atom stereocenters. The minimum atomic E-state index is -0.453. The summed E-state index contributed by atoms with van der Waals surface area (Å²) in [6, 6.07) is 7.79. The number of carbonyl (C=O) groups is 1. The standard InChI is InChI=1S/C18H26BrNO3/c1-18(2,3)23-17(22)20-10-8-13(9-11-20)12-16(21)14-4-6-15(19)7-5-14/h4-7,13,16,21H,8-12H2,1-3H3. The van der Waals surface area contributed by atoms with Crippen LogP contribution in [0.3, 0.4) is 0 Å². The fourth-order valence-corrected chi connectivity index (χ4v) is 3.08. The van der Waals surface area contributed by atoms with E-state index in [1.165, 1.54) is 0 Å². The molecule has 0 radical (unpaired) electrons. The van der Waals surface area contributed by atoms with Crippen molar-refractivity contribution in [1.82, 2.24) is 4.90 Å². The van der Waals surface area contributed by atoms with Crippen molar-refractivity contribution in [3.8, 4) is 0 Å². The molecule has 1 aliphatic heterocycles. The topological polar surface area (TPSA) is 49.8 Å². The van der Waals surface area contributed by atoms with E-state index in [9.17, 15) is 9.90 Å². The van der Waals surface area contributed by atoms with Crippen molar-refractivity contribution in [2.45, 2.75) is 51.7 Å². The van der Waals surface area contributed by atoms with Crippen LogP contribution in [0, 0.1) is 5.92 Å². The quantitative estimate of drug-likeness (QED) is 0.834. The molecular weight excluding hydrogens is 358 g/mol. The molecule has 0 aromatic heterocycles. The van der Waals surface area contributed by atoms with Gasteiger partial charge in [0.2, 0.25) is 0 Å². The van der Waals surface area contributed by atoms with Gasteiger partial charge in [0.15, 0.2) is 0 Å². The molecule has 2 rings (SSSR count). The van der Waals surface area contributed by atoms with Gasteiger partial charge in [-0.15, -0.1) is 0 Å². The molecule has 23 heavy (non-hydrogen) atoms. The Kier molecular flexibility index (Phi) is 6.09. The highest BCUT2D eigenvalue weighted by atomic mass is 79.9. The Balaban J connectivity index is 1.80. The van der Waals surface area contributed by atoms with Gasteiger partial charge in [-0.05, 0) is 63.6 Å². The van der Waals surface area contributed by atoms with Crippen LogP contribution < -0.4 is 0 Å². The molecule has 0 spiro atoms. The summed E-state index contributed by atoms with van der Waals surface area (Å²) in [5.41, 5.74) is 0.494. The smallest absolute Gasteiger partial charge is 0.410 e. The normalized spacial score (nSPS) is 17.9. The van der Waals surface area contributed by atoms with Gasteiger partial charge in [-0.25, -0.2) is 4.79 Å². The minimum Gasteiger partial charge on any atom is -0.444 e. The second kappa shape index (κ2) is 7.67. The molecule has 1 aromatic rings. The largest absolute Gasteiger partial charge is 0.444 e. The summed E-state index contributed by atoms with van der Waals surface area (Å²) in [7, 11) is 0. The third kappa shape index (κ3) is 5.81. The predicted molar refractivity (Wildman–Crippen MR) is 94.2 cm³/mol. The number of halogens is 1. The summed E-state index contributed by atoms with van der Waals surface area (Å²) >= 11 is 3.40. The Hall–Kier alpha value is -1.07. The molecule has 0 saturated carbocycles. The van der Waals surface area contributed by atoms with Crippen LogP contribution in [-0.2, 0) is 4.74 Å². The Morgan fingerprint density at radius 3 is 2.39 bits per heavy atom. The number of ether oxygens (including phenoxy) is 1. The molecule has 5 heteroatoms. The molecule has 0 bridgehead atoms. The zero-order chi connectivity index (χ0) is 17.0. The SMILES string of the molecule is CC(C)(C)OC(=O)N1CCC(CC(O)c2ccc(Br)cc2)CC1. The first-order valence-corrected chi connectivity index (χ1v) is 8.95. The van der Waals surface area contributed by atoms with E-state index in [0.717, 1.165) is 29.3 Å². The van der Waals surface area contributed by atoms with Crippen molar-refractivity contribution in [1.29, 1.82) is 0 Å². The van der Waals surface area contributed by atoms with Gasteiger partial charge >= 0.3 is 6.09 Å². The Labute approximate surface area is 147 Å². The number of likely N-dealkylation sites (tertiary alicyclic amines) is 1. The second-order valence-corrected chi connectivity index (χ2v) is 8.13. The zero-order valence-corrected chi connectivity index (χ0v) is 15.7. The van der Waals surface area contributed by atoms with E-state index in [0.29, 0.717) is 19.0 Å². The predicted octanol–water partition coefficient (Wildman–Crippen LogP) is 4.52. The Morgan fingerprint density at radius 1 is 1.30 bits per heavy atom. The van der Waals surface area contributed by atoms with E-state index in [-0.39, 0.29) is 6.09 Å². The maximum Gasteiger partial charge on any atom is 0.410 e. The summed E-state index contributed by atoms with van der Waals surface area (Å²) < 4.78 is 6.42. The lowest BCUT2D eigenvalue weighted by Crippen LogP contribution is -2.41. The second-order valence-electron chi connectivity index (χ2n) is 7.21. The highest BCUT2D eigenvalue weighted by Crippen LogP contribution is 2.29. The lowest BCUT2D eigenvalue weighted by atomic mass is 9.89. The third-order valence-electron chi connectivity index (χ3n) is 4.08. The van der Waals surface area contributed by atoms with Gasteiger partial charge in [-0.1, -0.05) is 28.1 Å². The maximum absolute atomic E-state index is 12.0. The van der Waals surface area contributed by atoms with Gasteiger partial charge < -0.3 is 14.7 Å². The third-order valence-corrected chi connectivity index (χ3v) is 4.61. The van der Waals surface area contributed by atoms with Crippen molar-refractivity contribution in [2.75, 3.05) is 13.1 Å². The van der Waals surface area contributed by atoms with E-state index in [1.54, 1.807) is 4.90 Å². The fraction of sp³-hybridized carbons (Fsp3) is 0.611. The Bertz CT molecular complexity index is 516. The van der Waals surface area contributed by atoms with Crippen LogP contribution in [0.4, 0.5) is 4.79 Å². The number of aliphatic hydroxyl groups excluding tert-OH is 1. The first kappa shape index (κ1) is 18.3. The van der Waals surface area contributed by atoms with Crippen LogP contribution in [0.2, 0.25) is 0 Å². The van der Waals surface area contributed by atoms with Crippen LogP contribution in [-0.4, -0.2) is 34.8 Å². The molecule has 1 aliphatic rings. The van der Waals surface area contributed by atoms with Gasteiger partial charge in [0.1, 0.15) is 5.60 Å². The molecule has 128 valence electrons. The maximum atomic E-state index is 12.0. The average Bonchev–Trinajstić information content (AvgIpc) is 2.46. The van der Waals surface area contributed by atoms with Gasteiger partial charge in [-0.2, -0.15) is 0 Å². The van der Waals surface area contributed by atoms with Crippen molar-refractivity contribution in [3.63, 3.8) is 0 Å². The van der Waals surface area contributed by atoms with Crippen LogP contribution in [0.1, 0.15) is 51.7 Å². The van der Waals surface area contributed by atoms with E-state index < -0.39 is 11.7 Å². The minimum absolute atomic E-state index is 0.232. The van der Waals surface area contributed by atoms with Crippen LogP contribution in [0.25, 0.3) is 0 Å². The molecule has 4 nitrogen and oxygen atoms in total. The number of nitrogens with zero attached hydrogens (tertiary/aromatic N) is 1. The van der Waals surface area contributed by atoms with Crippen LogP contribution >= 0.6 is 15.9 Å². The van der Waals surface area contributed by atoms with E-state index >= 15 is 0 Å². The number of hydrogen-bond donors (Lipinski definition) is 1. The van der Waals surface area contributed by atoms with Crippen molar-refractivity contribution >= 4 is 22.0 Å². The van der Waals surface area contributed by atoms with E-state index in [4.69, 9.17) is 4.74 Å². The van der Waals surface area contributed by atoms with E-state index in [2.05, 4.69) is 15.9 Å². The van der Waals surface area contributed by atoms with Gasteiger partial charge in [0.25, 0.3) is 0 Å². The number of amides is 1. The molecule has 1 amide bonds. The number of benzene rings is 1. The first-order valence-electron chi connectivity index (χ1n) is 8.16. The summed E-state index contributed by atoms with van der Waals surface area (Å²) in [6.45, 7) is 7.05. The monoisotopic (exact) mass is 383 g/mol. The van der Waals surface area contributed by atoms with E-state index in [1.807, 2.05) is 45.0 Å². The molecule has 1 atom stereocenters. The number of rotatable bonds is 3. The summed E-state index contributed by atoms with van der Waals surface area (Å²) in [6.07, 6.45) is 1.88. The summed E-state index contributed by atoms with van der Waals surface area (Å²) in [5.74, 6) is 0.437. The first-order chi connectivity index (χ1) is 10.7. The number of aliphatic hydroxyl groups is 1. The van der Waals surface area contributed by atoms with Gasteiger partial charge in [-0.3, -0.25) is 0 Å². The molecule has 1 aromatic carbocycles. The number of piperidine rings is 1. The number of hydrogen-bond acceptors (Lipinski definition) is 3. The molecule has 0 aliphatic carbocycles. The average molecular weight is 384 g/mol. The van der Waals surface area contributed by atoms with Crippen molar-refractivity contribution < 1.29 is 14.6 Å². The van der Waals surface area contributed by atoms with Crippen molar-refractivity contribution in [3.05, 3.63) is 34.3 Å². The number of carbonyl (C=O) groups excluding carboxylic acids is 1.